The lowest BCUT2D eigenvalue weighted by Crippen LogP contribution is -2.20. The first-order chi connectivity index (χ1) is 6.06. The summed E-state index contributed by atoms with van der Waals surface area (Å²) in [5.74, 6) is -0.485. The summed E-state index contributed by atoms with van der Waals surface area (Å²) in [4.78, 5) is 22.3. The van der Waals surface area contributed by atoms with Crippen LogP contribution in [0, 0.1) is 6.92 Å². The molecule has 0 N–H and O–H groups in total. The molecule has 70 valence electrons. The number of esters is 1. The number of carbonyl (C=O) groups excluding carboxylic acids is 1. The first-order valence-electron chi connectivity index (χ1n) is 3.82. The molecule has 0 bridgehead atoms. The van der Waals surface area contributed by atoms with Gasteiger partial charge in [-0.15, -0.1) is 0 Å². The van der Waals surface area contributed by atoms with Gasteiger partial charge >= 0.3 is 5.97 Å². The van der Waals surface area contributed by atoms with Crippen LogP contribution in [0.15, 0.2) is 16.9 Å². The van der Waals surface area contributed by atoms with Gasteiger partial charge in [0.15, 0.2) is 0 Å². The predicted molar refractivity (Wildman–Crippen MR) is 47.8 cm³/mol. The van der Waals surface area contributed by atoms with Crippen LogP contribution in [0.3, 0.4) is 0 Å². The fraction of sp³-hybridized carbons (Fsp3) is 0.333. The van der Waals surface area contributed by atoms with Gasteiger partial charge in [0.2, 0.25) is 0 Å². The highest BCUT2D eigenvalue weighted by molar-refractivity contribution is 5.89. The zero-order valence-corrected chi connectivity index (χ0v) is 7.83. The Balaban J connectivity index is 3.29. The number of rotatable bonds is 1. The van der Waals surface area contributed by atoms with Crippen LogP contribution in [0.2, 0.25) is 0 Å². The van der Waals surface area contributed by atoms with E-state index in [9.17, 15) is 9.59 Å². The summed E-state index contributed by atoms with van der Waals surface area (Å²) >= 11 is 0. The molecule has 0 aromatic carbocycles. The van der Waals surface area contributed by atoms with Crippen LogP contribution in [0.5, 0.6) is 0 Å². The van der Waals surface area contributed by atoms with E-state index in [2.05, 4.69) is 4.74 Å². The van der Waals surface area contributed by atoms with Crippen molar-refractivity contribution in [3.63, 3.8) is 0 Å². The van der Waals surface area contributed by atoms with Gasteiger partial charge in [0, 0.05) is 18.8 Å². The molecule has 0 spiro atoms. The summed E-state index contributed by atoms with van der Waals surface area (Å²) in [6, 6.07) is 2.88. The second-order valence-corrected chi connectivity index (χ2v) is 2.77. The van der Waals surface area contributed by atoms with E-state index >= 15 is 0 Å². The summed E-state index contributed by atoms with van der Waals surface area (Å²) < 4.78 is 5.96. The zero-order chi connectivity index (χ0) is 10.0. The molecule has 0 aliphatic heterocycles. The van der Waals surface area contributed by atoms with Crippen molar-refractivity contribution in [1.82, 2.24) is 4.57 Å². The monoisotopic (exact) mass is 181 g/mol. The summed E-state index contributed by atoms with van der Waals surface area (Å²) in [6.45, 7) is 1.76. The van der Waals surface area contributed by atoms with Gasteiger partial charge in [-0.1, -0.05) is 0 Å². The Hall–Kier alpha value is -1.58. The molecule has 1 heterocycles. The quantitative estimate of drug-likeness (QED) is 0.592. The Morgan fingerprint density at radius 2 is 2.08 bits per heavy atom. The molecular formula is C9H11NO3. The van der Waals surface area contributed by atoms with Crippen molar-refractivity contribution >= 4 is 5.97 Å². The van der Waals surface area contributed by atoms with Gasteiger partial charge in [-0.05, 0) is 13.0 Å². The standard InChI is InChI=1S/C9H11NO3/c1-6-4-7(9(12)13-3)5-8(11)10(6)2/h4-5H,1-3H3. The minimum atomic E-state index is -0.485. The lowest BCUT2D eigenvalue weighted by atomic mass is 10.2. The van der Waals surface area contributed by atoms with Gasteiger partial charge in [0.25, 0.3) is 5.56 Å². The number of hydrogen-bond donors (Lipinski definition) is 0. The molecule has 0 atom stereocenters. The predicted octanol–water partition coefficient (Wildman–Crippen LogP) is 0.480. The average molecular weight is 181 g/mol. The van der Waals surface area contributed by atoms with Crippen LogP contribution in [-0.4, -0.2) is 17.6 Å². The largest absolute Gasteiger partial charge is 0.465 e. The molecule has 4 heteroatoms. The highest BCUT2D eigenvalue weighted by Crippen LogP contribution is 2.00. The highest BCUT2D eigenvalue weighted by atomic mass is 16.5. The number of methoxy groups -OCH3 is 1. The number of nitrogens with zero attached hydrogens (tertiary/aromatic N) is 1. The molecule has 4 nitrogen and oxygen atoms in total. The molecule has 1 rings (SSSR count). The van der Waals surface area contributed by atoms with Crippen LogP contribution < -0.4 is 5.56 Å². The highest BCUT2D eigenvalue weighted by Gasteiger charge is 2.07. The SMILES string of the molecule is COC(=O)c1cc(C)n(C)c(=O)c1. The van der Waals surface area contributed by atoms with Crippen LogP contribution in [-0.2, 0) is 11.8 Å². The average Bonchev–Trinajstić information content (AvgIpc) is 2.12. The van der Waals surface area contributed by atoms with Crippen LogP contribution in [0.4, 0.5) is 0 Å². The van der Waals surface area contributed by atoms with E-state index in [0.717, 1.165) is 5.69 Å². The second kappa shape index (κ2) is 3.43. The van der Waals surface area contributed by atoms with Gasteiger partial charge in [-0.25, -0.2) is 4.79 Å². The number of ether oxygens (including phenoxy) is 1. The maximum atomic E-state index is 11.2. The van der Waals surface area contributed by atoms with Crippen molar-refractivity contribution in [2.45, 2.75) is 6.92 Å². The smallest absolute Gasteiger partial charge is 0.338 e. The van der Waals surface area contributed by atoms with Crippen molar-refractivity contribution in [2.75, 3.05) is 7.11 Å². The number of aromatic nitrogens is 1. The van der Waals surface area contributed by atoms with Gasteiger partial charge < -0.3 is 9.30 Å². The van der Waals surface area contributed by atoms with Gasteiger partial charge in [-0.3, -0.25) is 4.79 Å². The van der Waals surface area contributed by atoms with Crippen molar-refractivity contribution in [2.24, 2.45) is 7.05 Å². The first-order valence-corrected chi connectivity index (χ1v) is 3.82. The molecule has 0 aliphatic carbocycles. The molecule has 0 unspecified atom stereocenters. The van der Waals surface area contributed by atoms with Crippen LogP contribution >= 0.6 is 0 Å². The van der Waals surface area contributed by atoms with E-state index in [-0.39, 0.29) is 5.56 Å². The first kappa shape index (κ1) is 9.51. The topological polar surface area (TPSA) is 48.3 Å². The summed E-state index contributed by atoms with van der Waals surface area (Å²) in [7, 11) is 2.94. The zero-order valence-electron chi connectivity index (χ0n) is 7.83. The molecule has 0 radical (unpaired) electrons. The lowest BCUT2D eigenvalue weighted by molar-refractivity contribution is 0.0600. The molecule has 1 aromatic rings. The summed E-state index contributed by atoms with van der Waals surface area (Å²) in [5.41, 5.74) is 0.816. The fourth-order valence-corrected chi connectivity index (χ4v) is 1.00. The lowest BCUT2D eigenvalue weighted by Gasteiger charge is -2.04. The van der Waals surface area contributed by atoms with Crippen molar-refractivity contribution < 1.29 is 9.53 Å². The fourth-order valence-electron chi connectivity index (χ4n) is 1.00. The Bertz CT molecular complexity index is 392. The third-order valence-electron chi connectivity index (χ3n) is 1.92. The third-order valence-corrected chi connectivity index (χ3v) is 1.92. The number of hydrogen-bond acceptors (Lipinski definition) is 3. The third kappa shape index (κ3) is 1.77. The van der Waals surface area contributed by atoms with E-state index in [1.54, 1.807) is 20.0 Å². The minimum absolute atomic E-state index is 0.208. The number of pyridine rings is 1. The van der Waals surface area contributed by atoms with E-state index in [0.29, 0.717) is 5.56 Å². The maximum absolute atomic E-state index is 11.2. The Morgan fingerprint density at radius 3 is 2.54 bits per heavy atom. The Labute approximate surface area is 75.8 Å². The molecule has 1 aromatic heterocycles. The number of aryl methyl sites for hydroxylation is 1. The van der Waals surface area contributed by atoms with Crippen LogP contribution in [0.25, 0.3) is 0 Å². The van der Waals surface area contributed by atoms with Crippen molar-refractivity contribution in [1.29, 1.82) is 0 Å². The van der Waals surface area contributed by atoms with E-state index in [1.807, 2.05) is 0 Å². The molecule has 13 heavy (non-hydrogen) atoms. The number of carbonyl (C=O) groups is 1. The minimum Gasteiger partial charge on any atom is -0.465 e. The van der Waals surface area contributed by atoms with Gasteiger partial charge in [0.1, 0.15) is 0 Å². The van der Waals surface area contributed by atoms with E-state index in [4.69, 9.17) is 0 Å². The summed E-state index contributed by atoms with van der Waals surface area (Å²) in [6.07, 6.45) is 0. The van der Waals surface area contributed by atoms with Crippen LogP contribution in [0.1, 0.15) is 16.1 Å². The molecule has 0 amide bonds. The van der Waals surface area contributed by atoms with Crippen molar-refractivity contribution in [3.05, 3.63) is 33.7 Å². The molecular weight excluding hydrogens is 170 g/mol. The van der Waals surface area contributed by atoms with Gasteiger partial charge in [0.05, 0.1) is 12.7 Å². The maximum Gasteiger partial charge on any atom is 0.338 e. The normalized spacial score (nSPS) is 9.77. The van der Waals surface area contributed by atoms with E-state index < -0.39 is 5.97 Å². The molecule has 0 saturated carbocycles. The van der Waals surface area contributed by atoms with Crippen molar-refractivity contribution in [3.8, 4) is 0 Å². The molecule has 0 fully saturated rings. The second-order valence-electron chi connectivity index (χ2n) is 2.77. The molecule has 0 aliphatic rings. The van der Waals surface area contributed by atoms with E-state index in [1.165, 1.54) is 17.7 Å². The Morgan fingerprint density at radius 1 is 1.46 bits per heavy atom. The molecule has 0 saturated heterocycles. The summed E-state index contributed by atoms with van der Waals surface area (Å²) in [5, 5.41) is 0. The van der Waals surface area contributed by atoms with Gasteiger partial charge in [-0.2, -0.15) is 0 Å². The Kier molecular flexibility index (Phi) is 2.51.